The maximum Gasteiger partial charge on any atom is 0.204 e. The molecule has 1 aliphatic rings. The van der Waals surface area contributed by atoms with Crippen molar-refractivity contribution in [1.29, 1.82) is 0 Å². The maximum atomic E-state index is 11.5. The Bertz CT molecular complexity index is 241. The van der Waals surface area contributed by atoms with Crippen LogP contribution in [-0.2, 0) is 9.09 Å². The fourth-order valence-electron chi connectivity index (χ4n) is 1.23. The van der Waals surface area contributed by atoms with E-state index in [9.17, 15) is 8.96 Å². The summed E-state index contributed by atoms with van der Waals surface area (Å²) >= 11 is 0. The van der Waals surface area contributed by atoms with Crippen LogP contribution < -0.4 is 0 Å². The molecule has 0 aromatic rings. The standard InChI is InChI=1S/C7H10FO2P/c1-10-11(9)5-3-7(6-11)2-4-8/h7H,3,5-6H2,1H3. The van der Waals surface area contributed by atoms with Gasteiger partial charge in [-0.1, -0.05) is 5.92 Å². The number of rotatable bonds is 1. The number of hydrogen-bond acceptors (Lipinski definition) is 2. The molecule has 0 bridgehead atoms. The molecular formula is C7H10FO2P. The van der Waals surface area contributed by atoms with Crippen molar-refractivity contribution in [2.24, 2.45) is 5.92 Å². The highest BCUT2D eigenvalue weighted by atomic mass is 31.2. The Hall–Kier alpha value is -0.320. The Morgan fingerprint density at radius 2 is 2.45 bits per heavy atom. The van der Waals surface area contributed by atoms with Crippen LogP contribution in [0.4, 0.5) is 4.39 Å². The topological polar surface area (TPSA) is 26.3 Å². The van der Waals surface area contributed by atoms with Crippen LogP contribution in [0, 0.1) is 18.0 Å². The predicted octanol–water partition coefficient (Wildman–Crippen LogP) is 1.86. The molecule has 0 amide bonds. The Morgan fingerprint density at radius 1 is 1.73 bits per heavy atom. The first-order chi connectivity index (χ1) is 5.20. The summed E-state index contributed by atoms with van der Waals surface area (Å²) in [5.41, 5.74) is 0. The molecule has 62 valence electrons. The first kappa shape index (κ1) is 8.77. The maximum absolute atomic E-state index is 11.5. The van der Waals surface area contributed by atoms with Crippen molar-refractivity contribution in [3.05, 3.63) is 0 Å². The van der Waals surface area contributed by atoms with Crippen LogP contribution in [0.5, 0.6) is 0 Å². The van der Waals surface area contributed by atoms with E-state index in [0.29, 0.717) is 18.7 Å². The minimum absolute atomic E-state index is 0.0641. The predicted molar refractivity (Wildman–Crippen MR) is 41.3 cm³/mol. The summed E-state index contributed by atoms with van der Waals surface area (Å²) in [6.07, 6.45) is 3.00. The molecule has 1 fully saturated rings. The SMILES string of the molecule is COP1(=O)CCC(C#CF)C1. The molecule has 0 aromatic carbocycles. The summed E-state index contributed by atoms with van der Waals surface area (Å²) in [6.45, 7) is 0. The number of halogens is 1. The fourth-order valence-corrected chi connectivity index (χ4v) is 3.40. The van der Waals surface area contributed by atoms with Gasteiger partial charge in [0.05, 0.1) is 0 Å². The van der Waals surface area contributed by atoms with Crippen molar-refractivity contribution < 1.29 is 13.5 Å². The van der Waals surface area contributed by atoms with Crippen LogP contribution in [0.2, 0.25) is 0 Å². The average Bonchev–Trinajstić information content (AvgIpc) is 2.35. The van der Waals surface area contributed by atoms with E-state index >= 15 is 0 Å². The van der Waals surface area contributed by atoms with Gasteiger partial charge in [0, 0.05) is 25.4 Å². The lowest BCUT2D eigenvalue weighted by Gasteiger charge is -2.05. The Labute approximate surface area is 65.6 Å². The summed E-state index contributed by atoms with van der Waals surface area (Å²) in [5.74, 6) is 2.30. The van der Waals surface area contributed by atoms with Crippen molar-refractivity contribution >= 4 is 7.37 Å². The van der Waals surface area contributed by atoms with Gasteiger partial charge in [0.1, 0.15) is 6.17 Å². The van der Waals surface area contributed by atoms with Crippen LogP contribution >= 0.6 is 7.37 Å². The third-order valence-corrected chi connectivity index (χ3v) is 4.51. The molecule has 2 nitrogen and oxygen atoms in total. The molecule has 1 saturated heterocycles. The zero-order valence-electron chi connectivity index (χ0n) is 6.34. The molecular weight excluding hydrogens is 166 g/mol. The van der Waals surface area contributed by atoms with E-state index in [1.807, 2.05) is 0 Å². The summed E-state index contributed by atoms with van der Waals surface area (Å²) in [7, 11) is -0.969. The van der Waals surface area contributed by atoms with E-state index in [1.165, 1.54) is 13.3 Å². The lowest BCUT2D eigenvalue weighted by atomic mass is 10.1. The van der Waals surface area contributed by atoms with E-state index in [0.717, 1.165) is 0 Å². The Kier molecular flexibility index (Phi) is 2.70. The second-order valence-corrected chi connectivity index (χ2v) is 5.43. The molecule has 2 unspecified atom stereocenters. The van der Waals surface area contributed by atoms with Crippen LogP contribution in [0.25, 0.3) is 0 Å². The minimum Gasteiger partial charge on any atom is -0.332 e. The average molecular weight is 176 g/mol. The van der Waals surface area contributed by atoms with Crippen LogP contribution in [0.3, 0.4) is 0 Å². The van der Waals surface area contributed by atoms with Crippen molar-refractivity contribution in [3.8, 4) is 12.1 Å². The molecule has 1 aliphatic heterocycles. The van der Waals surface area contributed by atoms with Crippen LogP contribution in [-0.4, -0.2) is 19.4 Å². The zero-order chi connectivity index (χ0) is 8.32. The van der Waals surface area contributed by atoms with Gasteiger partial charge >= 0.3 is 0 Å². The van der Waals surface area contributed by atoms with Crippen molar-refractivity contribution in [3.63, 3.8) is 0 Å². The normalized spacial score (nSPS) is 36.4. The smallest absolute Gasteiger partial charge is 0.204 e. The summed E-state index contributed by atoms with van der Waals surface area (Å²) in [6, 6.07) is 0. The van der Waals surface area contributed by atoms with Gasteiger partial charge in [-0.15, -0.1) is 4.39 Å². The molecule has 0 aliphatic carbocycles. The Balaban J connectivity index is 2.58. The van der Waals surface area contributed by atoms with Crippen molar-refractivity contribution in [2.45, 2.75) is 6.42 Å². The minimum atomic E-state index is -2.41. The Morgan fingerprint density at radius 3 is 2.91 bits per heavy atom. The quantitative estimate of drug-likeness (QED) is 0.450. The second-order valence-electron chi connectivity index (χ2n) is 2.63. The second kappa shape index (κ2) is 3.38. The molecule has 0 saturated carbocycles. The first-order valence-corrected chi connectivity index (χ1v) is 5.45. The van der Waals surface area contributed by atoms with E-state index < -0.39 is 7.37 Å². The largest absolute Gasteiger partial charge is 0.332 e. The number of hydrogen-bond donors (Lipinski definition) is 0. The van der Waals surface area contributed by atoms with Gasteiger partial charge in [-0.2, -0.15) is 0 Å². The molecule has 2 atom stereocenters. The molecule has 1 rings (SSSR count). The van der Waals surface area contributed by atoms with Gasteiger partial charge in [0.2, 0.25) is 7.37 Å². The summed E-state index contributed by atoms with van der Waals surface area (Å²) < 4.78 is 27.8. The van der Waals surface area contributed by atoms with Crippen molar-refractivity contribution in [1.82, 2.24) is 0 Å². The highest BCUT2D eigenvalue weighted by Crippen LogP contribution is 2.54. The molecule has 0 spiro atoms. The summed E-state index contributed by atoms with van der Waals surface area (Å²) in [5, 5.41) is 0. The van der Waals surface area contributed by atoms with E-state index in [2.05, 4.69) is 5.92 Å². The lowest BCUT2D eigenvalue weighted by molar-refractivity contribution is 0.398. The molecule has 4 heteroatoms. The van der Waals surface area contributed by atoms with Gasteiger partial charge in [-0.25, -0.2) is 0 Å². The van der Waals surface area contributed by atoms with E-state index in [1.54, 1.807) is 0 Å². The van der Waals surface area contributed by atoms with E-state index in [-0.39, 0.29) is 5.92 Å². The fraction of sp³-hybridized carbons (Fsp3) is 0.714. The highest BCUT2D eigenvalue weighted by Gasteiger charge is 2.33. The molecule has 0 N–H and O–H groups in total. The zero-order valence-corrected chi connectivity index (χ0v) is 7.23. The van der Waals surface area contributed by atoms with Gasteiger partial charge in [-0.3, -0.25) is 4.57 Å². The molecule has 0 radical (unpaired) electrons. The van der Waals surface area contributed by atoms with Crippen molar-refractivity contribution in [2.75, 3.05) is 19.4 Å². The van der Waals surface area contributed by atoms with Gasteiger partial charge < -0.3 is 4.52 Å². The third kappa shape index (κ3) is 2.05. The lowest BCUT2D eigenvalue weighted by Crippen LogP contribution is -1.93. The van der Waals surface area contributed by atoms with E-state index in [4.69, 9.17) is 4.52 Å². The monoisotopic (exact) mass is 176 g/mol. The van der Waals surface area contributed by atoms with Crippen LogP contribution in [0.1, 0.15) is 6.42 Å². The van der Waals surface area contributed by atoms with Gasteiger partial charge in [-0.05, 0) is 6.42 Å². The van der Waals surface area contributed by atoms with Gasteiger partial charge in [0.15, 0.2) is 0 Å². The first-order valence-electron chi connectivity index (χ1n) is 3.45. The summed E-state index contributed by atoms with van der Waals surface area (Å²) in [4.78, 5) is 0. The highest BCUT2D eigenvalue weighted by molar-refractivity contribution is 7.59. The third-order valence-electron chi connectivity index (χ3n) is 1.91. The molecule has 11 heavy (non-hydrogen) atoms. The molecule has 1 heterocycles. The van der Waals surface area contributed by atoms with Gasteiger partial charge in [0.25, 0.3) is 0 Å². The molecule has 0 aromatic heterocycles. The van der Waals surface area contributed by atoms with Crippen LogP contribution in [0.15, 0.2) is 0 Å².